The first kappa shape index (κ1) is 11.2. The molecule has 0 aliphatic carbocycles. The number of halogens is 4. The van der Waals surface area contributed by atoms with Crippen LogP contribution in [0.3, 0.4) is 0 Å². The van der Waals surface area contributed by atoms with Gasteiger partial charge in [-0.1, -0.05) is 17.7 Å². The molecule has 2 N–H and O–H groups in total. The molecule has 0 saturated carbocycles. The zero-order chi connectivity index (χ0) is 12.1. The van der Waals surface area contributed by atoms with Crippen LogP contribution in [0.2, 0.25) is 5.02 Å². The van der Waals surface area contributed by atoms with Crippen molar-refractivity contribution in [3.05, 3.63) is 28.8 Å². The lowest BCUT2D eigenvalue weighted by Crippen LogP contribution is -2.47. The quantitative estimate of drug-likeness (QED) is 0.741. The van der Waals surface area contributed by atoms with Crippen LogP contribution in [0.1, 0.15) is 5.56 Å². The van der Waals surface area contributed by atoms with Gasteiger partial charge in [-0.15, -0.1) is 0 Å². The van der Waals surface area contributed by atoms with Gasteiger partial charge in [0, 0.05) is 16.3 Å². The number of carbonyl (C=O) groups excluding carboxylic acids is 1. The van der Waals surface area contributed by atoms with Crippen molar-refractivity contribution in [1.29, 1.82) is 0 Å². The highest BCUT2D eigenvalue weighted by Crippen LogP contribution is 2.47. The second-order valence-electron chi connectivity index (χ2n) is 3.35. The lowest BCUT2D eigenvalue weighted by Gasteiger charge is -2.23. The number of rotatable bonds is 0. The predicted octanol–water partition coefficient (Wildman–Crippen LogP) is 2.04. The summed E-state index contributed by atoms with van der Waals surface area (Å²) in [5, 5.41) is 11.6. The van der Waals surface area contributed by atoms with E-state index in [0.717, 1.165) is 12.1 Å². The monoisotopic (exact) mass is 251 g/mol. The van der Waals surface area contributed by atoms with Crippen molar-refractivity contribution in [2.24, 2.45) is 0 Å². The predicted molar refractivity (Wildman–Crippen MR) is 50.0 cm³/mol. The molecule has 1 amide bonds. The minimum Gasteiger partial charge on any atom is -0.368 e. The molecular formula is C9H5ClF3NO2. The summed E-state index contributed by atoms with van der Waals surface area (Å²) in [5.41, 5.74) is -4.15. The van der Waals surface area contributed by atoms with Crippen LogP contribution in [0.25, 0.3) is 0 Å². The van der Waals surface area contributed by atoms with Crippen molar-refractivity contribution in [1.82, 2.24) is 0 Å². The smallest absolute Gasteiger partial charge is 0.368 e. The molecule has 0 radical (unpaired) electrons. The topological polar surface area (TPSA) is 49.3 Å². The van der Waals surface area contributed by atoms with Gasteiger partial charge in [-0.05, 0) is 12.1 Å². The van der Waals surface area contributed by atoms with Gasteiger partial charge in [0.15, 0.2) is 0 Å². The third kappa shape index (κ3) is 1.30. The molecular weight excluding hydrogens is 247 g/mol. The Morgan fingerprint density at radius 3 is 2.56 bits per heavy atom. The Kier molecular flexibility index (Phi) is 2.18. The van der Waals surface area contributed by atoms with Gasteiger partial charge in [0.1, 0.15) is 0 Å². The molecule has 0 spiro atoms. The van der Waals surface area contributed by atoms with Crippen LogP contribution < -0.4 is 5.32 Å². The van der Waals surface area contributed by atoms with Crippen LogP contribution >= 0.6 is 11.6 Å². The summed E-state index contributed by atoms with van der Waals surface area (Å²) in [6, 6.07) is 3.30. The molecule has 1 unspecified atom stereocenters. The SMILES string of the molecule is O=C1Nc2cc(Cl)ccc2C1(O)C(F)(F)F. The molecule has 7 heteroatoms. The van der Waals surface area contributed by atoms with Gasteiger partial charge >= 0.3 is 6.18 Å². The minimum atomic E-state index is -5.07. The lowest BCUT2D eigenvalue weighted by atomic mass is 9.95. The van der Waals surface area contributed by atoms with Crippen LogP contribution in [0.5, 0.6) is 0 Å². The van der Waals surface area contributed by atoms with Crippen LogP contribution in [0.15, 0.2) is 18.2 Å². The van der Waals surface area contributed by atoms with Crippen molar-refractivity contribution in [2.45, 2.75) is 11.8 Å². The molecule has 0 saturated heterocycles. The van der Waals surface area contributed by atoms with Gasteiger partial charge in [-0.25, -0.2) is 0 Å². The fourth-order valence-corrected chi connectivity index (χ4v) is 1.72. The molecule has 1 aromatic rings. The number of amides is 1. The number of hydrogen-bond donors (Lipinski definition) is 2. The Labute approximate surface area is 92.8 Å². The van der Waals surface area contributed by atoms with Gasteiger partial charge in [-0.2, -0.15) is 13.2 Å². The molecule has 86 valence electrons. The van der Waals surface area contributed by atoms with Gasteiger partial charge in [0.2, 0.25) is 0 Å². The van der Waals surface area contributed by atoms with E-state index in [1.807, 2.05) is 5.32 Å². The van der Waals surface area contributed by atoms with Crippen LogP contribution in [-0.2, 0) is 10.4 Å². The molecule has 1 aliphatic heterocycles. The summed E-state index contributed by atoms with van der Waals surface area (Å²) < 4.78 is 37.9. The molecule has 0 fully saturated rings. The van der Waals surface area contributed by atoms with E-state index in [1.165, 1.54) is 6.07 Å². The van der Waals surface area contributed by atoms with Crippen molar-refractivity contribution in [2.75, 3.05) is 5.32 Å². The summed E-state index contributed by atoms with van der Waals surface area (Å²) in [6.07, 6.45) is -5.07. The Bertz CT molecular complexity index is 474. The maximum atomic E-state index is 12.6. The fourth-order valence-electron chi connectivity index (χ4n) is 1.55. The first-order valence-electron chi connectivity index (χ1n) is 4.17. The number of aliphatic hydroxyl groups is 1. The van der Waals surface area contributed by atoms with E-state index in [2.05, 4.69) is 0 Å². The van der Waals surface area contributed by atoms with E-state index in [0.29, 0.717) is 0 Å². The summed E-state index contributed by atoms with van der Waals surface area (Å²) >= 11 is 5.56. The van der Waals surface area contributed by atoms with E-state index in [4.69, 9.17) is 11.6 Å². The van der Waals surface area contributed by atoms with E-state index in [-0.39, 0.29) is 10.7 Å². The Balaban J connectivity index is 2.65. The first-order valence-corrected chi connectivity index (χ1v) is 4.55. The number of alkyl halides is 3. The summed E-state index contributed by atoms with van der Waals surface area (Å²) in [4.78, 5) is 11.2. The number of anilines is 1. The Morgan fingerprint density at radius 2 is 2.00 bits per heavy atom. The standard InChI is InChI=1S/C9H5ClF3NO2/c10-4-1-2-5-6(3-4)14-7(15)8(5,16)9(11,12)13/h1-3,16H,(H,14,15). The summed E-state index contributed by atoms with van der Waals surface area (Å²) in [6.45, 7) is 0. The van der Waals surface area contributed by atoms with E-state index in [9.17, 15) is 23.1 Å². The number of carbonyl (C=O) groups is 1. The van der Waals surface area contributed by atoms with Gasteiger partial charge in [0.25, 0.3) is 11.5 Å². The van der Waals surface area contributed by atoms with E-state index in [1.54, 1.807) is 0 Å². The van der Waals surface area contributed by atoms with Crippen molar-refractivity contribution < 1.29 is 23.1 Å². The van der Waals surface area contributed by atoms with Gasteiger partial charge in [-0.3, -0.25) is 4.79 Å². The largest absolute Gasteiger partial charge is 0.430 e. The van der Waals surface area contributed by atoms with Crippen molar-refractivity contribution >= 4 is 23.2 Å². The van der Waals surface area contributed by atoms with Crippen LogP contribution in [0.4, 0.5) is 18.9 Å². The number of benzene rings is 1. The zero-order valence-corrected chi connectivity index (χ0v) is 8.36. The normalized spacial score (nSPS) is 24.2. The van der Waals surface area contributed by atoms with Crippen molar-refractivity contribution in [3.8, 4) is 0 Å². The van der Waals surface area contributed by atoms with E-state index >= 15 is 0 Å². The van der Waals surface area contributed by atoms with Crippen LogP contribution in [0, 0.1) is 0 Å². The highest BCUT2D eigenvalue weighted by molar-refractivity contribution is 6.31. The summed E-state index contributed by atoms with van der Waals surface area (Å²) in [5.74, 6) is -1.52. The molecule has 1 aromatic carbocycles. The Morgan fingerprint density at radius 1 is 1.38 bits per heavy atom. The van der Waals surface area contributed by atoms with Gasteiger partial charge < -0.3 is 10.4 Å². The molecule has 0 bridgehead atoms. The second kappa shape index (κ2) is 3.11. The molecule has 0 aromatic heterocycles. The zero-order valence-electron chi connectivity index (χ0n) is 7.60. The highest BCUT2D eigenvalue weighted by atomic mass is 35.5. The molecule has 1 heterocycles. The maximum Gasteiger partial charge on any atom is 0.430 e. The van der Waals surface area contributed by atoms with Gasteiger partial charge in [0.05, 0.1) is 0 Å². The first-order chi connectivity index (χ1) is 7.26. The molecule has 1 aliphatic rings. The summed E-state index contributed by atoms with van der Waals surface area (Å²) in [7, 11) is 0. The number of nitrogens with one attached hydrogen (secondary N) is 1. The maximum absolute atomic E-state index is 12.6. The lowest BCUT2D eigenvalue weighted by molar-refractivity contribution is -0.252. The van der Waals surface area contributed by atoms with Crippen LogP contribution in [-0.4, -0.2) is 17.2 Å². The fraction of sp³-hybridized carbons (Fsp3) is 0.222. The third-order valence-electron chi connectivity index (χ3n) is 2.36. The molecule has 16 heavy (non-hydrogen) atoms. The molecule has 2 rings (SSSR count). The van der Waals surface area contributed by atoms with Crippen molar-refractivity contribution in [3.63, 3.8) is 0 Å². The number of fused-ring (bicyclic) bond motifs is 1. The second-order valence-corrected chi connectivity index (χ2v) is 3.79. The highest BCUT2D eigenvalue weighted by Gasteiger charge is 2.64. The molecule has 3 nitrogen and oxygen atoms in total. The minimum absolute atomic E-state index is 0.127. The third-order valence-corrected chi connectivity index (χ3v) is 2.59. The van der Waals surface area contributed by atoms with E-state index < -0.39 is 23.2 Å². The Hall–Kier alpha value is -1.27. The molecule has 1 atom stereocenters. The average Bonchev–Trinajstić information content (AvgIpc) is 2.38. The number of hydrogen-bond acceptors (Lipinski definition) is 2. The average molecular weight is 252 g/mol.